The second-order valence-electron chi connectivity index (χ2n) is 14.1. The van der Waals surface area contributed by atoms with E-state index in [4.69, 9.17) is 16.3 Å². The van der Waals surface area contributed by atoms with Crippen molar-refractivity contribution in [1.29, 1.82) is 0 Å². The highest BCUT2D eigenvalue weighted by molar-refractivity contribution is 7.90. The molecule has 2 aliphatic heterocycles. The smallest absolute Gasteiger partial charge is 0.264 e. The maximum atomic E-state index is 13.5. The number of carbonyl (C=O) groups excluding carboxylic acids is 1. The fourth-order valence-electron chi connectivity index (χ4n) is 7.31. The Hall–Kier alpha value is -2.63. The van der Waals surface area contributed by atoms with Crippen LogP contribution in [0.3, 0.4) is 0 Å². The first-order valence-electron chi connectivity index (χ1n) is 16.8. The Morgan fingerprint density at radius 2 is 1.87 bits per heavy atom. The van der Waals surface area contributed by atoms with Gasteiger partial charge < -0.3 is 19.8 Å². The summed E-state index contributed by atoms with van der Waals surface area (Å²) in [6.45, 7) is 6.90. The topological polar surface area (TPSA) is 119 Å². The molecule has 1 fully saturated rings. The van der Waals surface area contributed by atoms with Gasteiger partial charge in [-0.1, -0.05) is 43.7 Å². The fraction of sp³-hybridized carbons (Fsp3) is 0.583. The lowest BCUT2D eigenvalue weighted by Gasteiger charge is -2.51. The lowest BCUT2D eigenvalue weighted by Crippen LogP contribution is -2.57. The van der Waals surface area contributed by atoms with E-state index in [1.807, 2.05) is 38.1 Å². The van der Waals surface area contributed by atoms with E-state index in [2.05, 4.69) is 9.62 Å². The Labute approximate surface area is 285 Å². The summed E-state index contributed by atoms with van der Waals surface area (Å²) in [6, 6.07) is 10.9. The van der Waals surface area contributed by atoms with Crippen LogP contribution in [0.1, 0.15) is 74.4 Å². The number of aliphatic hydroxyl groups is 2. The number of rotatable bonds is 3. The van der Waals surface area contributed by atoms with Gasteiger partial charge in [-0.3, -0.25) is 9.69 Å². The van der Waals surface area contributed by atoms with Crippen LogP contribution >= 0.6 is 11.6 Å². The molecule has 11 heteroatoms. The maximum absolute atomic E-state index is 13.5. The second kappa shape index (κ2) is 14.5. The Kier molecular flexibility index (Phi) is 11.0. The number of anilines is 1. The number of hydrogen-bond acceptors (Lipinski definition) is 8. The van der Waals surface area contributed by atoms with Crippen molar-refractivity contribution in [2.75, 3.05) is 32.1 Å². The quantitative estimate of drug-likeness (QED) is 0.291. The van der Waals surface area contributed by atoms with E-state index in [1.54, 1.807) is 50.2 Å². The van der Waals surface area contributed by atoms with Gasteiger partial charge in [-0.25, -0.2) is 13.1 Å². The van der Waals surface area contributed by atoms with Crippen LogP contribution < -0.4 is 14.4 Å². The van der Waals surface area contributed by atoms with Crippen LogP contribution in [0.25, 0.3) is 0 Å². The van der Waals surface area contributed by atoms with E-state index in [0.29, 0.717) is 42.6 Å². The number of nitrogens with one attached hydrogen (secondary N) is 1. The third kappa shape index (κ3) is 7.67. The molecule has 5 rings (SSSR count). The molecule has 47 heavy (non-hydrogen) atoms. The highest BCUT2D eigenvalue weighted by Crippen LogP contribution is 2.48. The SMILES string of the molecule is C[C@H](C(O)N(C)C)[C@]1(O)/C=C/C[C@H](C)[C@@H](C)S(=O)(=O)NC(=O)c2ccc3c(c2)N(CCCCc2cc(Cl)ccc2CO3)C[C@@H]2CC[C@H]21. The van der Waals surface area contributed by atoms with E-state index in [9.17, 15) is 23.4 Å². The van der Waals surface area contributed by atoms with Crippen molar-refractivity contribution in [1.82, 2.24) is 9.62 Å². The molecule has 9 nitrogen and oxygen atoms in total. The predicted octanol–water partition coefficient (Wildman–Crippen LogP) is 5.38. The number of benzene rings is 2. The zero-order valence-electron chi connectivity index (χ0n) is 28.2. The largest absolute Gasteiger partial charge is 0.487 e. The van der Waals surface area contributed by atoms with E-state index >= 15 is 0 Å². The van der Waals surface area contributed by atoms with Crippen molar-refractivity contribution in [3.05, 3.63) is 70.3 Å². The number of sulfonamides is 1. The highest BCUT2D eigenvalue weighted by Gasteiger charge is 2.50. The second-order valence-corrected chi connectivity index (χ2v) is 16.6. The van der Waals surface area contributed by atoms with Crippen LogP contribution in [0.4, 0.5) is 5.69 Å². The molecule has 258 valence electrons. The first-order chi connectivity index (χ1) is 22.2. The zero-order chi connectivity index (χ0) is 34.1. The monoisotopic (exact) mass is 687 g/mol. The molecule has 1 saturated carbocycles. The van der Waals surface area contributed by atoms with Crippen molar-refractivity contribution >= 4 is 33.2 Å². The normalized spacial score (nSPS) is 30.3. The molecule has 1 aliphatic carbocycles. The molecule has 0 aromatic heterocycles. The van der Waals surface area contributed by atoms with Crippen molar-refractivity contribution in [2.24, 2.45) is 23.7 Å². The average Bonchev–Trinajstić information content (AvgIpc) is 3.04. The van der Waals surface area contributed by atoms with Crippen LogP contribution in [-0.2, 0) is 23.1 Å². The van der Waals surface area contributed by atoms with Gasteiger partial charge in [0.2, 0.25) is 10.0 Å². The molecule has 1 unspecified atom stereocenters. The minimum absolute atomic E-state index is 0.109. The standard InChI is InChI=1S/C36H50ClN3O6S/c1-23-9-8-17-36(43,24(2)35(42)39(4)5)31-15-12-28(31)21-40-18-7-6-10-26-19-30(37)14-11-29(26)22-46-33-16-13-27(20-32(33)40)34(41)38-47(44,45)25(23)3/h8,11,13-14,16-17,19-20,23-25,28,31,35,42-43H,6-7,9-10,12,15,18,21-22H2,1-5H3,(H,38,41)/b17-8+/t23-,24+,25+,28-,31+,35?,36+/m0/s1. The molecule has 2 heterocycles. The van der Waals surface area contributed by atoms with Crippen molar-refractivity contribution in [3.8, 4) is 5.75 Å². The molecule has 1 amide bonds. The van der Waals surface area contributed by atoms with Crippen LogP contribution in [-0.4, -0.2) is 73.7 Å². The van der Waals surface area contributed by atoms with E-state index in [1.165, 1.54) is 0 Å². The van der Waals surface area contributed by atoms with E-state index < -0.39 is 38.9 Å². The molecule has 0 radical (unpaired) electrons. The van der Waals surface area contributed by atoms with Gasteiger partial charge in [0.25, 0.3) is 5.91 Å². The van der Waals surface area contributed by atoms with Gasteiger partial charge in [0.1, 0.15) is 18.6 Å². The van der Waals surface area contributed by atoms with Crippen LogP contribution in [0, 0.1) is 23.7 Å². The van der Waals surface area contributed by atoms with E-state index in [-0.39, 0.29) is 23.3 Å². The number of aliphatic hydroxyl groups excluding tert-OH is 1. The van der Waals surface area contributed by atoms with Crippen molar-refractivity contribution < 1.29 is 28.2 Å². The summed E-state index contributed by atoms with van der Waals surface area (Å²) in [6.07, 6.45) is 7.49. The molecular formula is C36H50ClN3O6S. The van der Waals surface area contributed by atoms with Gasteiger partial charge >= 0.3 is 0 Å². The molecule has 3 N–H and O–H groups in total. The first-order valence-corrected chi connectivity index (χ1v) is 18.7. The summed E-state index contributed by atoms with van der Waals surface area (Å²) >= 11 is 6.34. The number of carbonyl (C=O) groups is 1. The zero-order valence-corrected chi connectivity index (χ0v) is 29.7. The predicted molar refractivity (Wildman–Crippen MR) is 186 cm³/mol. The van der Waals surface area contributed by atoms with Crippen LogP contribution in [0.2, 0.25) is 5.02 Å². The minimum Gasteiger partial charge on any atom is -0.487 e. The van der Waals surface area contributed by atoms with Gasteiger partial charge in [0, 0.05) is 29.6 Å². The molecule has 7 atom stereocenters. The summed E-state index contributed by atoms with van der Waals surface area (Å²) in [7, 11) is -0.429. The Morgan fingerprint density at radius 3 is 2.57 bits per heavy atom. The van der Waals surface area contributed by atoms with Crippen molar-refractivity contribution in [3.63, 3.8) is 0 Å². The Morgan fingerprint density at radius 1 is 1.11 bits per heavy atom. The molecule has 2 aromatic carbocycles. The number of amides is 1. The van der Waals surface area contributed by atoms with Crippen LogP contribution in [0.5, 0.6) is 5.75 Å². The summed E-state index contributed by atoms with van der Waals surface area (Å²) in [4.78, 5) is 17.4. The lowest BCUT2D eigenvalue weighted by atomic mass is 9.60. The maximum Gasteiger partial charge on any atom is 0.264 e. The number of fused-ring (bicyclic) bond motifs is 3. The number of allylic oxidation sites excluding steroid dienone is 1. The van der Waals surface area contributed by atoms with Gasteiger partial charge in [-0.15, -0.1) is 0 Å². The highest BCUT2D eigenvalue weighted by atomic mass is 35.5. The number of aryl methyl sites for hydroxylation is 1. The number of halogens is 1. The van der Waals surface area contributed by atoms with Crippen LogP contribution in [0.15, 0.2) is 48.6 Å². The van der Waals surface area contributed by atoms with Gasteiger partial charge in [-0.05, 0) is 119 Å². The molecule has 2 aromatic rings. The lowest BCUT2D eigenvalue weighted by molar-refractivity contribution is -0.138. The van der Waals surface area contributed by atoms with Gasteiger partial charge in [0.05, 0.1) is 16.5 Å². The van der Waals surface area contributed by atoms with Gasteiger partial charge in [0.15, 0.2) is 0 Å². The number of hydrogen-bond donors (Lipinski definition) is 3. The van der Waals surface area contributed by atoms with Gasteiger partial charge in [-0.2, -0.15) is 0 Å². The Bertz CT molecular complexity index is 1580. The summed E-state index contributed by atoms with van der Waals surface area (Å²) in [5, 5.41) is 23.4. The molecule has 3 aliphatic rings. The summed E-state index contributed by atoms with van der Waals surface area (Å²) < 4.78 is 35.5. The first kappa shape index (κ1) is 35.7. The fourth-order valence-corrected chi connectivity index (χ4v) is 8.79. The molecular weight excluding hydrogens is 638 g/mol. The number of nitrogens with zero attached hydrogens (tertiary/aromatic N) is 2. The summed E-state index contributed by atoms with van der Waals surface area (Å²) in [5.74, 6) is -0.949. The third-order valence-electron chi connectivity index (χ3n) is 10.8. The minimum atomic E-state index is -4.01. The third-order valence-corrected chi connectivity index (χ3v) is 13.0. The number of ether oxygens (including phenoxy) is 1. The molecule has 0 spiro atoms. The van der Waals surface area contributed by atoms with Crippen molar-refractivity contribution in [2.45, 2.75) is 83.0 Å². The average molecular weight is 688 g/mol. The molecule has 2 bridgehead atoms. The van der Waals surface area contributed by atoms with E-state index in [0.717, 1.165) is 43.2 Å². The Balaban J connectivity index is 1.59. The molecule has 0 saturated heterocycles. The summed E-state index contributed by atoms with van der Waals surface area (Å²) in [5.41, 5.74) is 1.82.